The van der Waals surface area contributed by atoms with Crippen molar-refractivity contribution in [2.45, 2.75) is 6.92 Å². The Morgan fingerprint density at radius 3 is 2.66 bits per heavy atom. The molecule has 0 aliphatic carbocycles. The van der Waals surface area contributed by atoms with E-state index in [1.165, 1.54) is 6.33 Å². The number of aromatic nitrogens is 3. The van der Waals surface area contributed by atoms with Gasteiger partial charge in [0.25, 0.3) is 5.91 Å². The number of hydrogen-bond donors (Lipinski definition) is 2. The fraction of sp³-hybridized carbons (Fsp3) is 0.182. The quantitative estimate of drug-likeness (QED) is 0.644. The molecule has 0 saturated carbocycles. The van der Waals surface area contributed by atoms with Crippen LogP contribution >= 0.6 is 0 Å². The van der Waals surface area contributed by atoms with Crippen molar-refractivity contribution in [1.82, 2.24) is 20.3 Å². The first-order valence-electron chi connectivity index (χ1n) is 9.09. The number of anilines is 1. The maximum Gasteiger partial charge on any atom is 0.251 e. The molecule has 2 aromatic heterocycles. The molecule has 0 fully saturated rings. The summed E-state index contributed by atoms with van der Waals surface area (Å²) in [6.45, 7) is 6.54. The van der Waals surface area contributed by atoms with Gasteiger partial charge in [-0.1, -0.05) is 12.6 Å². The zero-order valence-electron chi connectivity index (χ0n) is 16.7. The van der Waals surface area contributed by atoms with E-state index < -0.39 is 0 Å². The second-order valence-corrected chi connectivity index (χ2v) is 6.43. The van der Waals surface area contributed by atoms with Crippen molar-refractivity contribution in [3.8, 4) is 17.0 Å². The highest BCUT2D eigenvalue weighted by atomic mass is 16.5. The summed E-state index contributed by atoms with van der Waals surface area (Å²) in [6, 6.07) is 11.1. The Hall–Kier alpha value is -3.74. The Bertz CT molecular complexity index is 1030. The summed E-state index contributed by atoms with van der Waals surface area (Å²) in [5, 5.41) is 5.86. The third-order valence-electron chi connectivity index (χ3n) is 4.43. The van der Waals surface area contributed by atoms with Gasteiger partial charge in [-0.05, 0) is 36.8 Å². The molecule has 3 aromatic rings. The molecule has 0 aliphatic heterocycles. The predicted octanol–water partition coefficient (Wildman–Crippen LogP) is 3.34. The van der Waals surface area contributed by atoms with Crippen LogP contribution in [-0.2, 0) is 0 Å². The SMILES string of the molecule is C=C(CNc1cc(-c2ccc(C)nc2)ncn1)c1ccc(C(=O)NC)cc1OC. The van der Waals surface area contributed by atoms with Crippen molar-refractivity contribution in [2.75, 3.05) is 26.0 Å². The zero-order valence-corrected chi connectivity index (χ0v) is 16.7. The molecule has 148 valence electrons. The van der Waals surface area contributed by atoms with Crippen LogP contribution in [0.2, 0.25) is 0 Å². The zero-order chi connectivity index (χ0) is 20.8. The van der Waals surface area contributed by atoms with E-state index in [-0.39, 0.29) is 5.91 Å². The number of ether oxygens (including phenoxy) is 1. The topological polar surface area (TPSA) is 89.0 Å². The number of methoxy groups -OCH3 is 1. The number of nitrogens with zero attached hydrogens (tertiary/aromatic N) is 3. The maximum absolute atomic E-state index is 11.8. The molecular weight excluding hydrogens is 366 g/mol. The molecule has 7 heteroatoms. The third kappa shape index (κ3) is 4.76. The fourth-order valence-electron chi connectivity index (χ4n) is 2.79. The van der Waals surface area contributed by atoms with Crippen molar-refractivity contribution in [2.24, 2.45) is 0 Å². The molecule has 0 radical (unpaired) electrons. The van der Waals surface area contributed by atoms with Gasteiger partial charge in [-0.15, -0.1) is 0 Å². The maximum atomic E-state index is 11.8. The number of carbonyl (C=O) groups excluding carboxylic acids is 1. The number of amides is 1. The highest BCUT2D eigenvalue weighted by Gasteiger charge is 2.12. The lowest BCUT2D eigenvalue weighted by Gasteiger charge is -2.14. The molecule has 2 heterocycles. The van der Waals surface area contributed by atoms with Crippen LogP contribution in [0.5, 0.6) is 5.75 Å². The first-order valence-corrected chi connectivity index (χ1v) is 9.09. The molecule has 0 bridgehead atoms. The number of hydrogen-bond acceptors (Lipinski definition) is 6. The first-order chi connectivity index (χ1) is 14.0. The van der Waals surface area contributed by atoms with E-state index in [2.05, 4.69) is 32.2 Å². The Morgan fingerprint density at radius 2 is 1.97 bits per heavy atom. The lowest BCUT2D eigenvalue weighted by molar-refractivity contribution is 0.0962. The lowest BCUT2D eigenvalue weighted by atomic mass is 10.0. The molecule has 0 aliphatic rings. The van der Waals surface area contributed by atoms with E-state index in [0.29, 0.717) is 23.7 Å². The molecule has 1 aromatic carbocycles. The molecule has 3 rings (SSSR count). The van der Waals surface area contributed by atoms with Crippen LogP contribution < -0.4 is 15.4 Å². The largest absolute Gasteiger partial charge is 0.496 e. The Morgan fingerprint density at radius 1 is 1.14 bits per heavy atom. The smallest absolute Gasteiger partial charge is 0.251 e. The summed E-state index contributed by atoms with van der Waals surface area (Å²) < 4.78 is 5.44. The van der Waals surface area contributed by atoms with Gasteiger partial charge in [0.15, 0.2) is 0 Å². The normalized spacial score (nSPS) is 10.3. The van der Waals surface area contributed by atoms with Crippen LogP contribution in [0.1, 0.15) is 21.6 Å². The van der Waals surface area contributed by atoms with E-state index in [1.54, 1.807) is 32.5 Å². The molecule has 0 saturated heterocycles. The van der Waals surface area contributed by atoms with Crippen LogP contribution in [-0.4, -0.2) is 41.6 Å². The summed E-state index contributed by atoms with van der Waals surface area (Å²) in [7, 11) is 3.16. The van der Waals surface area contributed by atoms with Gasteiger partial charge in [-0.3, -0.25) is 9.78 Å². The van der Waals surface area contributed by atoms with Crippen LogP contribution in [0.3, 0.4) is 0 Å². The van der Waals surface area contributed by atoms with Crippen LogP contribution in [0.25, 0.3) is 16.8 Å². The Balaban J connectivity index is 1.73. The summed E-state index contributed by atoms with van der Waals surface area (Å²) in [6.07, 6.45) is 3.30. The monoisotopic (exact) mass is 389 g/mol. The van der Waals surface area contributed by atoms with Crippen LogP contribution in [0, 0.1) is 6.92 Å². The lowest BCUT2D eigenvalue weighted by Crippen LogP contribution is -2.18. The molecule has 1 amide bonds. The van der Waals surface area contributed by atoms with Crippen molar-refractivity contribution in [3.63, 3.8) is 0 Å². The number of carbonyl (C=O) groups is 1. The third-order valence-corrected chi connectivity index (χ3v) is 4.43. The van der Waals surface area contributed by atoms with Gasteiger partial charge < -0.3 is 15.4 Å². The number of pyridine rings is 1. The van der Waals surface area contributed by atoms with Crippen molar-refractivity contribution < 1.29 is 9.53 Å². The second kappa shape index (κ2) is 8.97. The summed E-state index contributed by atoms with van der Waals surface area (Å²) >= 11 is 0. The molecule has 29 heavy (non-hydrogen) atoms. The standard InChI is InChI=1S/C22H23N5O2/c1-14(18-8-7-16(22(28)23-3)9-20(18)29-4)11-25-21-10-19(26-13-27-21)17-6-5-15(2)24-12-17/h5-10,12-13H,1,11H2,2-4H3,(H,23,28)(H,25,26,27). The predicted molar refractivity (Wildman–Crippen MR) is 114 cm³/mol. The van der Waals surface area contributed by atoms with Crippen LogP contribution in [0.4, 0.5) is 5.82 Å². The summed E-state index contributed by atoms with van der Waals surface area (Å²) in [5.41, 5.74) is 4.82. The van der Waals surface area contributed by atoms with Gasteiger partial charge in [0, 0.05) is 48.2 Å². The molecule has 7 nitrogen and oxygen atoms in total. The van der Waals surface area contributed by atoms with Crippen molar-refractivity contribution in [3.05, 3.63) is 72.3 Å². The molecule has 0 unspecified atom stereocenters. The number of benzene rings is 1. The van der Waals surface area contributed by atoms with Gasteiger partial charge in [-0.25, -0.2) is 9.97 Å². The van der Waals surface area contributed by atoms with E-state index >= 15 is 0 Å². The van der Waals surface area contributed by atoms with Gasteiger partial charge in [0.1, 0.15) is 17.9 Å². The van der Waals surface area contributed by atoms with Gasteiger partial charge in [-0.2, -0.15) is 0 Å². The van der Waals surface area contributed by atoms with Gasteiger partial charge in [0.05, 0.1) is 12.8 Å². The van der Waals surface area contributed by atoms with Gasteiger partial charge in [0.2, 0.25) is 0 Å². The molecule has 2 N–H and O–H groups in total. The highest BCUT2D eigenvalue weighted by Crippen LogP contribution is 2.27. The average Bonchev–Trinajstić information content (AvgIpc) is 2.77. The minimum absolute atomic E-state index is 0.169. The molecule has 0 spiro atoms. The number of aryl methyl sites for hydroxylation is 1. The van der Waals surface area contributed by atoms with Crippen molar-refractivity contribution in [1.29, 1.82) is 0 Å². The highest BCUT2D eigenvalue weighted by molar-refractivity contribution is 5.95. The fourth-order valence-corrected chi connectivity index (χ4v) is 2.79. The minimum Gasteiger partial charge on any atom is -0.496 e. The number of nitrogens with one attached hydrogen (secondary N) is 2. The van der Waals surface area contributed by atoms with E-state index in [1.807, 2.05) is 31.2 Å². The average molecular weight is 389 g/mol. The van der Waals surface area contributed by atoms with Gasteiger partial charge >= 0.3 is 0 Å². The van der Waals surface area contributed by atoms with Crippen LogP contribution in [0.15, 0.2) is 55.5 Å². The number of rotatable bonds is 7. The summed E-state index contributed by atoms with van der Waals surface area (Å²) in [5.74, 6) is 1.10. The first kappa shape index (κ1) is 20.0. The molecular formula is C22H23N5O2. The second-order valence-electron chi connectivity index (χ2n) is 6.43. The van der Waals surface area contributed by atoms with Crippen molar-refractivity contribution >= 4 is 17.3 Å². The minimum atomic E-state index is -0.169. The Labute approximate surface area is 169 Å². The summed E-state index contributed by atoms with van der Waals surface area (Å²) in [4.78, 5) is 24.7. The molecule has 0 atom stereocenters. The Kier molecular flexibility index (Phi) is 6.19. The van der Waals surface area contributed by atoms with E-state index in [0.717, 1.165) is 28.1 Å². The van der Waals surface area contributed by atoms with E-state index in [4.69, 9.17) is 4.74 Å². The van der Waals surface area contributed by atoms with E-state index in [9.17, 15) is 4.79 Å².